The molecule has 1 aromatic rings. The zero-order chi connectivity index (χ0) is 18.4. The van der Waals surface area contributed by atoms with Crippen LogP contribution in [0, 0.1) is 5.92 Å². The van der Waals surface area contributed by atoms with Crippen molar-refractivity contribution in [3.63, 3.8) is 0 Å². The fourth-order valence-corrected chi connectivity index (χ4v) is 3.84. The number of rotatable bonds is 6. The van der Waals surface area contributed by atoms with Gasteiger partial charge in [0.1, 0.15) is 0 Å². The monoisotopic (exact) mass is 362 g/mol. The summed E-state index contributed by atoms with van der Waals surface area (Å²) in [5, 5.41) is 13.2. The van der Waals surface area contributed by atoms with E-state index in [9.17, 15) is 9.59 Å². The highest BCUT2D eigenvalue weighted by atomic mass is 16.2. The molecular weight excluding hydrogens is 332 g/mol. The summed E-state index contributed by atoms with van der Waals surface area (Å²) in [5.41, 5.74) is 0. The number of nitrogens with one attached hydrogen (secondary N) is 3. The van der Waals surface area contributed by atoms with Gasteiger partial charge in [-0.2, -0.15) is 10.1 Å². The number of amides is 2. The highest BCUT2D eigenvalue weighted by molar-refractivity contribution is 5.93. The van der Waals surface area contributed by atoms with Gasteiger partial charge in [-0.05, 0) is 44.7 Å². The molecule has 26 heavy (non-hydrogen) atoms. The maximum atomic E-state index is 12.1. The predicted octanol–water partition coefficient (Wildman–Crippen LogP) is 1.31. The molecule has 0 aromatic carbocycles. The van der Waals surface area contributed by atoms with Crippen LogP contribution in [-0.4, -0.2) is 46.2 Å². The number of anilines is 1. The molecule has 2 fully saturated rings. The molecule has 0 spiro atoms. The summed E-state index contributed by atoms with van der Waals surface area (Å²) in [5.74, 6) is 1.71. The Morgan fingerprint density at radius 3 is 2.58 bits per heavy atom. The summed E-state index contributed by atoms with van der Waals surface area (Å²) in [6.07, 6.45) is 8.49. The summed E-state index contributed by atoms with van der Waals surface area (Å²) in [6.45, 7) is 1.91. The van der Waals surface area contributed by atoms with Gasteiger partial charge in [-0.1, -0.05) is 19.3 Å². The Labute approximate surface area is 154 Å². The largest absolute Gasteiger partial charge is 0.347 e. The number of aromatic nitrogens is 3. The van der Waals surface area contributed by atoms with E-state index in [-0.39, 0.29) is 18.4 Å². The standard InChI is InChI=1S/C18H30N6O2/c1-24-18(22-17(23-24)14-7-9-19-10-8-14)21-16(26)12-20-15(25)11-13-5-3-2-4-6-13/h13-14,19H,2-12H2,1H3,(H,20,25)(H,21,22,23,26). The highest BCUT2D eigenvalue weighted by Crippen LogP contribution is 2.26. The number of carbonyl (C=O) groups excluding carboxylic acids is 2. The zero-order valence-corrected chi connectivity index (χ0v) is 15.6. The van der Waals surface area contributed by atoms with Crippen LogP contribution in [0.5, 0.6) is 0 Å². The van der Waals surface area contributed by atoms with E-state index in [1.807, 2.05) is 0 Å². The molecule has 1 saturated heterocycles. The van der Waals surface area contributed by atoms with E-state index in [1.54, 1.807) is 11.7 Å². The lowest BCUT2D eigenvalue weighted by Crippen LogP contribution is -2.34. The van der Waals surface area contributed by atoms with Crippen LogP contribution in [0.2, 0.25) is 0 Å². The minimum absolute atomic E-state index is 0.0267. The van der Waals surface area contributed by atoms with Crippen molar-refractivity contribution in [2.75, 3.05) is 25.0 Å². The van der Waals surface area contributed by atoms with Gasteiger partial charge in [0.2, 0.25) is 17.8 Å². The third kappa shape index (κ3) is 5.27. The SMILES string of the molecule is Cn1nc(C2CCNCC2)nc1NC(=O)CNC(=O)CC1CCCCC1. The molecule has 144 valence electrons. The third-order valence-corrected chi connectivity index (χ3v) is 5.38. The number of carbonyl (C=O) groups is 2. The van der Waals surface area contributed by atoms with Gasteiger partial charge in [0.25, 0.3) is 0 Å². The first-order valence-corrected chi connectivity index (χ1v) is 9.80. The minimum Gasteiger partial charge on any atom is -0.347 e. The first kappa shape index (κ1) is 18.8. The number of hydrogen-bond acceptors (Lipinski definition) is 5. The van der Waals surface area contributed by atoms with E-state index in [0.29, 0.717) is 24.2 Å². The molecule has 1 saturated carbocycles. The van der Waals surface area contributed by atoms with Crippen molar-refractivity contribution in [1.29, 1.82) is 0 Å². The Bertz CT molecular complexity index is 617. The summed E-state index contributed by atoms with van der Waals surface area (Å²) in [6, 6.07) is 0. The van der Waals surface area contributed by atoms with Crippen LogP contribution in [0.1, 0.15) is 63.1 Å². The van der Waals surface area contributed by atoms with Crippen LogP contribution in [-0.2, 0) is 16.6 Å². The van der Waals surface area contributed by atoms with Crippen LogP contribution < -0.4 is 16.0 Å². The summed E-state index contributed by atoms with van der Waals surface area (Å²) < 4.78 is 1.60. The molecule has 1 aliphatic carbocycles. The van der Waals surface area contributed by atoms with Gasteiger partial charge in [-0.3, -0.25) is 14.9 Å². The van der Waals surface area contributed by atoms with Crippen molar-refractivity contribution >= 4 is 17.8 Å². The minimum atomic E-state index is -0.269. The Hall–Kier alpha value is -1.96. The molecule has 1 aliphatic heterocycles. The molecule has 2 amide bonds. The maximum absolute atomic E-state index is 12.1. The first-order valence-electron chi connectivity index (χ1n) is 9.80. The number of piperidine rings is 1. The Morgan fingerprint density at radius 1 is 1.12 bits per heavy atom. The van der Waals surface area contributed by atoms with Gasteiger partial charge in [-0.25, -0.2) is 4.68 Å². The topological polar surface area (TPSA) is 101 Å². The van der Waals surface area contributed by atoms with Crippen LogP contribution in [0.3, 0.4) is 0 Å². The lowest BCUT2D eigenvalue weighted by Gasteiger charge is -2.20. The molecule has 3 N–H and O–H groups in total. The average molecular weight is 362 g/mol. The molecule has 0 radical (unpaired) electrons. The average Bonchev–Trinajstić information content (AvgIpc) is 3.02. The van der Waals surface area contributed by atoms with E-state index in [1.165, 1.54) is 19.3 Å². The predicted molar refractivity (Wildman–Crippen MR) is 98.7 cm³/mol. The van der Waals surface area contributed by atoms with Crippen molar-refractivity contribution in [2.45, 2.75) is 57.3 Å². The molecule has 8 heteroatoms. The fraction of sp³-hybridized carbons (Fsp3) is 0.778. The van der Waals surface area contributed by atoms with Crippen LogP contribution >= 0.6 is 0 Å². The molecule has 2 heterocycles. The summed E-state index contributed by atoms with van der Waals surface area (Å²) in [4.78, 5) is 28.6. The smallest absolute Gasteiger partial charge is 0.246 e. The van der Waals surface area contributed by atoms with E-state index in [2.05, 4.69) is 26.0 Å². The Morgan fingerprint density at radius 2 is 1.85 bits per heavy atom. The molecule has 2 aliphatic rings. The molecule has 1 aromatic heterocycles. The van der Waals surface area contributed by atoms with Gasteiger partial charge < -0.3 is 10.6 Å². The van der Waals surface area contributed by atoms with Crippen LogP contribution in [0.25, 0.3) is 0 Å². The quantitative estimate of drug-likeness (QED) is 0.708. The maximum Gasteiger partial charge on any atom is 0.246 e. The van der Waals surface area contributed by atoms with Gasteiger partial charge in [0, 0.05) is 19.4 Å². The van der Waals surface area contributed by atoms with Crippen LogP contribution in [0.4, 0.5) is 5.95 Å². The lowest BCUT2D eigenvalue weighted by molar-refractivity contribution is -0.125. The molecule has 0 unspecified atom stereocenters. The van der Waals surface area contributed by atoms with E-state index in [0.717, 1.165) is 44.6 Å². The van der Waals surface area contributed by atoms with Crippen molar-refractivity contribution in [1.82, 2.24) is 25.4 Å². The molecular formula is C18H30N6O2. The fourth-order valence-electron chi connectivity index (χ4n) is 3.84. The van der Waals surface area contributed by atoms with Gasteiger partial charge in [0.05, 0.1) is 6.54 Å². The van der Waals surface area contributed by atoms with Crippen molar-refractivity contribution in [2.24, 2.45) is 13.0 Å². The highest BCUT2D eigenvalue weighted by Gasteiger charge is 2.22. The van der Waals surface area contributed by atoms with Crippen molar-refractivity contribution in [3.8, 4) is 0 Å². The van der Waals surface area contributed by atoms with Gasteiger partial charge >= 0.3 is 0 Å². The second-order valence-corrected chi connectivity index (χ2v) is 7.47. The normalized spacial score (nSPS) is 19.3. The van der Waals surface area contributed by atoms with E-state index < -0.39 is 0 Å². The van der Waals surface area contributed by atoms with Gasteiger partial charge in [-0.15, -0.1) is 0 Å². The summed E-state index contributed by atoms with van der Waals surface area (Å²) >= 11 is 0. The Balaban J connectivity index is 1.44. The number of aryl methyl sites for hydroxylation is 1. The van der Waals surface area contributed by atoms with Crippen molar-refractivity contribution in [3.05, 3.63) is 5.82 Å². The lowest BCUT2D eigenvalue weighted by atomic mass is 9.87. The molecule has 0 bridgehead atoms. The summed E-state index contributed by atoms with van der Waals surface area (Å²) in [7, 11) is 1.77. The van der Waals surface area contributed by atoms with E-state index >= 15 is 0 Å². The van der Waals surface area contributed by atoms with Crippen LogP contribution in [0.15, 0.2) is 0 Å². The number of nitrogens with zero attached hydrogens (tertiary/aromatic N) is 3. The van der Waals surface area contributed by atoms with Crippen molar-refractivity contribution < 1.29 is 9.59 Å². The second kappa shape index (κ2) is 9.12. The first-order chi connectivity index (χ1) is 12.6. The molecule has 8 nitrogen and oxygen atoms in total. The number of hydrogen-bond donors (Lipinski definition) is 3. The van der Waals surface area contributed by atoms with E-state index in [4.69, 9.17) is 0 Å². The molecule has 0 atom stereocenters. The van der Waals surface area contributed by atoms with Gasteiger partial charge in [0.15, 0.2) is 5.82 Å². The Kier molecular flexibility index (Phi) is 6.60. The second-order valence-electron chi connectivity index (χ2n) is 7.47. The third-order valence-electron chi connectivity index (χ3n) is 5.38. The molecule has 3 rings (SSSR count). The zero-order valence-electron chi connectivity index (χ0n) is 15.6.